The average Bonchev–Trinajstić information content (AvgIpc) is 3.08. The summed E-state index contributed by atoms with van der Waals surface area (Å²) in [7, 11) is 0. The molecule has 0 radical (unpaired) electrons. The van der Waals surface area contributed by atoms with Crippen LogP contribution in [0.3, 0.4) is 0 Å². The number of carbonyl (C=O) groups excluding carboxylic acids is 1. The van der Waals surface area contributed by atoms with Crippen molar-refractivity contribution >= 4 is 90.4 Å². The van der Waals surface area contributed by atoms with Crippen molar-refractivity contribution in [1.29, 1.82) is 0 Å². The summed E-state index contributed by atoms with van der Waals surface area (Å²) in [6.07, 6.45) is 1.64. The zero-order valence-corrected chi connectivity index (χ0v) is 18.3. The smallest absolute Gasteiger partial charge is 0.266 e. The fraction of sp³-hybridized carbons (Fsp3) is 0.0526. The van der Waals surface area contributed by atoms with Crippen LogP contribution >= 0.6 is 63.1 Å². The van der Waals surface area contributed by atoms with E-state index in [1.54, 1.807) is 12.1 Å². The minimum Gasteiger partial charge on any atom is -0.455 e. The topological polar surface area (TPSA) is 33.5 Å². The second-order valence-corrected chi connectivity index (χ2v) is 9.16. The van der Waals surface area contributed by atoms with Crippen LogP contribution in [0.2, 0.25) is 10.0 Å². The number of furan rings is 1. The number of benzene rings is 2. The molecule has 136 valence electrons. The highest BCUT2D eigenvalue weighted by Crippen LogP contribution is 2.38. The molecule has 1 fully saturated rings. The normalized spacial score (nSPS) is 16.1. The van der Waals surface area contributed by atoms with Crippen LogP contribution < -0.4 is 0 Å². The van der Waals surface area contributed by atoms with E-state index in [2.05, 4.69) is 15.9 Å². The van der Waals surface area contributed by atoms with Crippen LogP contribution in [0.15, 0.2) is 56.3 Å². The monoisotopic (exact) mass is 497 g/mol. The molecule has 0 bridgehead atoms. The van der Waals surface area contributed by atoms with Gasteiger partial charge < -0.3 is 4.42 Å². The molecule has 1 amide bonds. The number of thioether (sulfide) groups is 1. The second kappa shape index (κ2) is 7.60. The Balaban J connectivity index is 1.65. The van der Waals surface area contributed by atoms with Crippen LogP contribution in [-0.4, -0.2) is 15.1 Å². The maximum Gasteiger partial charge on any atom is 0.266 e. The summed E-state index contributed by atoms with van der Waals surface area (Å²) in [5.41, 5.74) is 1.49. The first-order valence-electron chi connectivity index (χ1n) is 7.80. The molecule has 0 unspecified atom stereocenters. The first-order valence-corrected chi connectivity index (χ1v) is 10.6. The van der Waals surface area contributed by atoms with Crippen molar-refractivity contribution < 1.29 is 9.21 Å². The SMILES string of the molecule is O=C1C(=Cc2oc3ccc(Br)cc3c2Cl)SC(=S)N1Cc1ccccc1Cl. The molecule has 0 atom stereocenters. The lowest BCUT2D eigenvalue weighted by Gasteiger charge is -2.15. The molecule has 0 spiro atoms. The maximum absolute atomic E-state index is 12.8. The first kappa shape index (κ1) is 19.0. The molecular weight excluding hydrogens is 489 g/mol. The third kappa shape index (κ3) is 3.69. The van der Waals surface area contributed by atoms with Crippen LogP contribution in [0.4, 0.5) is 0 Å². The molecule has 2 heterocycles. The Morgan fingerprint density at radius 3 is 2.78 bits per heavy atom. The van der Waals surface area contributed by atoms with Crippen molar-refractivity contribution in [3.8, 4) is 0 Å². The van der Waals surface area contributed by atoms with E-state index >= 15 is 0 Å². The standard InChI is InChI=1S/C19H10BrCl2NO2S2/c20-11-5-6-14-12(7-11)17(22)15(25-14)8-16-18(24)23(19(26)27-16)9-10-3-1-2-4-13(10)21/h1-8H,9H2. The molecule has 0 aliphatic carbocycles. The van der Waals surface area contributed by atoms with Crippen molar-refractivity contribution in [2.24, 2.45) is 0 Å². The van der Waals surface area contributed by atoms with Gasteiger partial charge in [-0.15, -0.1) is 0 Å². The third-order valence-corrected chi connectivity index (χ3v) is 6.67. The van der Waals surface area contributed by atoms with Crippen LogP contribution in [0.25, 0.3) is 17.0 Å². The fourth-order valence-electron chi connectivity index (χ4n) is 2.70. The van der Waals surface area contributed by atoms with E-state index in [-0.39, 0.29) is 5.91 Å². The van der Waals surface area contributed by atoms with Gasteiger partial charge in [0.05, 0.1) is 16.5 Å². The molecule has 3 aromatic rings. The zero-order valence-electron chi connectivity index (χ0n) is 13.5. The lowest BCUT2D eigenvalue weighted by molar-refractivity contribution is -0.122. The quantitative estimate of drug-likeness (QED) is 0.290. The molecule has 2 aromatic carbocycles. The molecule has 0 saturated carbocycles. The van der Waals surface area contributed by atoms with Gasteiger partial charge in [-0.3, -0.25) is 9.69 Å². The Morgan fingerprint density at radius 2 is 2.00 bits per heavy atom. The van der Waals surface area contributed by atoms with E-state index in [0.717, 1.165) is 15.4 Å². The Bertz CT molecular complexity index is 1130. The van der Waals surface area contributed by atoms with Crippen molar-refractivity contribution in [3.63, 3.8) is 0 Å². The summed E-state index contributed by atoms with van der Waals surface area (Å²) in [4.78, 5) is 14.8. The van der Waals surface area contributed by atoms with Gasteiger partial charge in [0.1, 0.15) is 15.7 Å². The highest BCUT2D eigenvalue weighted by molar-refractivity contribution is 9.10. The first-order chi connectivity index (χ1) is 12.9. The van der Waals surface area contributed by atoms with Gasteiger partial charge in [-0.2, -0.15) is 0 Å². The number of fused-ring (bicyclic) bond motifs is 1. The van der Waals surface area contributed by atoms with Gasteiger partial charge in [0.15, 0.2) is 0 Å². The molecule has 27 heavy (non-hydrogen) atoms. The van der Waals surface area contributed by atoms with Crippen LogP contribution in [0.5, 0.6) is 0 Å². The Hall–Kier alpha value is -1.31. The van der Waals surface area contributed by atoms with E-state index in [9.17, 15) is 4.79 Å². The van der Waals surface area contributed by atoms with Crippen molar-refractivity contribution in [2.75, 3.05) is 0 Å². The molecular formula is C19H10BrCl2NO2S2. The van der Waals surface area contributed by atoms with Gasteiger partial charge in [-0.05, 0) is 29.8 Å². The summed E-state index contributed by atoms with van der Waals surface area (Å²) < 4.78 is 7.17. The lowest BCUT2D eigenvalue weighted by atomic mass is 10.2. The average molecular weight is 499 g/mol. The highest BCUT2D eigenvalue weighted by atomic mass is 79.9. The van der Waals surface area contributed by atoms with Gasteiger partial charge in [-0.1, -0.05) is 81.3 Å². The summed E-state index contributed by atoms with van der Waals surface area (Å²) in [6.45, 7) is 0.322. The summed E-state index contributed by atoms with van der Waals surface area (Å²) in [5.74, 6) is 0.241. The van der Waals surface area contributed by atoms with Crippen molar-refractivity contribution in [2.45, 2.75) is 6.54 Å². The summed E-state index contributed by atoms with van der Waals surface area (Å²) in [5, 5.41) is 1.84. The van der Waals surface area contributed by atoms with Crippen LogP contribution in [-0.2, 0) is 11.3 Å². The third-order valence-electron chi connectivity index (χ3n) is 4.04. The zero-order chi connectivity index (χ0) is 19.1. The lowest BCUT2D eigenvalue weighted by Crippen LogP contribution is -2.27. The number of thiocarbonyl (C=S) groups is 1. The Labute approximate surface area is 183 Å². The minimum absolute atomic E-state index is 0.192. The number of hydrogen-bond donors (Lipinski definition) is 0. The van der Waals surface area contributed by atoms with Crippen molar-refractivity contribution in [1.82, 2.24) is 4.90 Å². The predicted octanol–water partition coefficient (Wildman–Crippen LogP) is 6.90. The van der Waals surface area contributed by atoms with Gasteiger partial charge in [0.25, 0.3) is 5.91 Å². The highest BCUT2D eigenvalue weighted by Gasteiger charge is 2.33. The summed E-state index contributed by atoms with van der Waals surface area (Å²) in [6, 6.07) is 13.0. The number of hydrogen-bond acceptors (Lipinski definition) is 4. The van der Waals surface area contributed by atoms with Gasteiger partial charge >= 0.3 is 0 Å². The van der Waals surface area contributed by atoms with Gasteiger partial charge in [-0.25, -0.2) is 0 Å². The molecule has 3 nitrogen and oxygen atoms in total. The molecule has 1 saturated heterocycles. The molecule has 1 aliphatic heterocycles. The molecule has 4 rings (SSSR count). The van der Waals surface area contributed by atoms with Gasteiger partial charge in [0, 0.05) is 21.0 Å². The fourth-order valence-corrected chi connectivity index (χ4v) is 4.73. The number of halogens is 3. The van der Waals surface area contributed by atoms with Crippen LogP contribution in [0, 0.1) is 0 Å². The molecule has 8 heteroatoms. The van der Waals surface area contributed by atoms with E-state index in [1.807, 2.05) is 36.4 Å². The van der Waals surface area contributed by atoms with E-state index in [0.29, 0.717) is 37.2 Å². The molecule has 1 aromatic heterocycles. The van der Waals surface area contributed by atoms with E-state index < -0.39 is 0 Å². The summed E-state index contributed by atoms with van der Waals surface area (Å²) >= 11 is 22.7. The number of rotatable bonds is 3. The Morgan fingerprint density at radius 1 is 1.22 bits per heavy atom. The predicted molar refractivity (Wildman–Crippen MR) is 119 cm³/mol. The van der Waals surface area contributed by atoms with E-state index in [4.69, 9.17) is 39.8 Å². The Kier molecular flexibility index (Phi) is 5.36. The number of carbonyl (C=O) groups is 1. The van der Waals surface area contributed by atoms with Crippen LogP contribution in [0.1, 0.15) is 11.3 Å². The van der Waals surface area contributed by atoms with E-state index in [1.165, 1.54) is 16.7 Å². The minimum atomic E-state index is -0.192. The second-order valence-electron chi connectivity index (χ2n) is 5.78. The maximum atomic E-state index is 12.8. The molecule has 0 N–H and O–H groups in total. The molecule has 1 aliphatic rings. The largest absolute Gasteiger partial charge is 0.455 e. The number of amides is 1. The van der Waals surface area contributed by atoms with Crippen molar-refractivity contribution in [3.05, 3.63) is 73.2 Å². The van der Waals surface area contributed by atoms with Gasteiger partial charge in [0.2, 0.25) is 0 Å². The number of nitrogens with zero attached hydrogens (tertiary/aromatic N) is 1.